The molecule has 0 atom stereocenters. The van der Waals surface area contributed by atoms with Gasteiger partial charge in [-0.1, -0.05) is 18.2 Å². The van der Waals surface area contributed by atoms with Crippen LogP contribution in [0.15, 0.2) is 42.5 Å². The highest BCUT2D eigenvalue weighted by Crippen LogP contribution is 2.19. The molecule has 2 aromatic rings. The molecule has 0 heterocycles. The van der Waals surface area contributed by atoms with Gasteiger partial charge in [0.25, 0.3) is 5.91 Å². The summed E-state index contributed by atoms with van der Waals surface area (Å²) in [6.07, 6.45) is 0.382. The molecule has 0 spiro atoms. The molecule has 21 heavy (non-hydrogen) atoms. The minimum absolute atomic E-state index is 0.0771. The third kappa shape index (κ3) is 3.72. The first-order valence-electron chi connectivity index (χ1n) is 6.46. The van der Waals surface area contributed by atoms with Crippen LogP contribution in [0.3, 0.4) is 0 Å². The summed E-state index contributed by atoms with van der Waals surface area (Å²) < 4.78 is 24.3. The summed E-state index contributed by atoms with van der Waals surface area (Å²) in [5.74, 6) is -0.0479. The van der Waals surface area contributed by atoms with Crippen LogP contribution in [0.1, 0.15) is 15.9 Å². The van der Waals surface area contributed by atoms with Gasteiger partial charge in [0.05, 0.1) is 19.3 Å². The van der Waals surface area contributed by atoms with Crippen LogP contribution in [0.4, 0.5) is 4.39 Å². The topological polar surface area (TPSA) is 61.6 Å². The summed E-state index contributed by atoms with van der Waals surface area (Å²) in [5, 5.41) is 0. The van der Waals surface area contributed by atoms with Crippen molar-refractivity contribution in [2.45, 2.75) is 6.42 Å². The predicted octanol–water partition coefficient (Wildman–Crippen LogP) is 2.55. The Balaban J connectivity index is 2.03. The van der Waals surface area contributed by atoms with E-state index in [0.717, 1.165) is 0 Å². The second-order valence-corrected chi connectivity index (χ2v) is 4.42. The molecule has 0 unspecified atom stereocenters. The fourth-order valence-electron chi connectivity index (χ4n) is 2.02. The van der Waals surface area contributed by atoms with E-state index in [2.05, 4.69) is 0 Å². The van der Waals surface area contributed by atoms with Crippen molar-refractivity contribution >= 4 is 5.91 Å². The number of nitrogens with two attached hydrogens (primary N) is 1. The SMILES string of the molecule is COc1cccc(OCCc2cccc(F)c2C(N)=O)c1. The van der Waals surface area contributed by atoms with Crippen molar-refractivity contribution < 1.29 is 18.7 Å². The van der Waals surface area contributed by atoms with Crippen molar-refractivity contribution in [3.05, 3.63) is 59.4 Å². The fraction of sp³-hybridized carbons (Fsp3) is 0.188. The molecule has 0 aliphatic rings. The molecule has 0 bridgehead atoms. The van der Waals surface area contributed by atoms with Crippen molar-refractivity contribution in [1.82, 2.24) is 0 Å². The quantitative estimate of drug-likeness (QED) is 0.889. The molecule has 0 saturated carbocycles. The molecule has 1 amide bonds. The maximum Gasteiger partial charge on any atom is 0.251 e. The summed E-state index contributed by atoms with van der Waals surface area (Å²) in [5.41, 5.74) is 5.66. The number of ether oxygens (including phenoxy) is 2. The van der Waals surface area contributed by atoms with E-state index in [0.29, 0.717) is 30.1 Å². The Bertz CT molecular complexity index is 643. The van der Waals surface area contributed by atoms with Crippen LogP contribution >= 0.6 is 0 Å². The predicted molar refractivity (Wildman–Crippen MR) is 77.1 cm³/mol. The average molecular weight is 289 g/mol. The lowest BCUT2D eigenvalue weighted by Crippen LogP contribution is -2.17. The second-order valence-electron chi connectivity index (χ2n) is 4.42. The number of primary amides is 1. The zero-order valence-corrected chi connectivity index (χ0v) is 11.6. The zero-order chi connectivity index (χ0) is 15.2. The molecule has 0 radical (unpaired) electrons. The van der Waals surface area contributed by atoms with Gasteiger partial charge in [-0.05, 0) is 23.8 Å². The van der Waals surface area contributed by atoms with Crippen LogP contribution < -0.4 is 15.2 Å². The number of hydrogen-bond donors (Lipinski definition) is 1. The largest absolute Gasteiger partial charge is 0.497 e. The average Bonchev–Trinajstić information content (AvgIpc) is 2.47. The lowest BCUT2D eigenvalue weighted by atomic mass is 10.0. The van der Waals surface area contributed by atoms with Gasteiger partial charge >= 0.3 is 0 Å². The molecule has 110 valence electrons. The lowest BCUT2D eigenvalue weighted by molar-refractivity contribution is 0.0995. The van der Waals surface area contributed by atoms with Crippen LogP contribution in [0.25, 0.3) is 0 Å². The van der Waals surface area contributed by atoms with E-state index in [-0.39, 0.29) is 5.56 Å². The Morgan fingerprint density at radius 3 is 2.62 bits per heavy atom. The molecule has 4 nitrogen and oxygen atoms in total. The first-order valence-corrected chi connectivity index (χ1v) is 6.46. The first kappa shape index (κ1) is 14.8. The van der Waals surface area contributed by atoms with Gasteiger partial charge < -0.3 is 15.2 Å². The maximum absolute atomic E-state index is 13.6. The highest BCUT2D eigenvalue weighted by atomic mass is 19.1. The summed E-state index contributed by atoms with van der Waals surface area (Å²) in [6.45, 7) is 0.302. The van der Waals surface area contributed by atoms with Gasteiger partial charge in [-0.2, -0.15) is 0 Å². The van der Waals surface area contributed by atoms with E-state index in [4.69, 9.17) is 15.2 Å². The van der Waals surface area contributed by atoms with E-state index in [9.17, 15) is 9.18 Å². The van der Waals surface area contributed by atoms with Crippen molar-refractivity contribution in [2.75, 3.05) is 13.7 Å². The Morgan fingerprint density at radius 2 is 1.90 bits per heavy atom. The van der Waals surface area contributed by atoms with Gasteiger partial charge in [0, 0.05) is 12.5 Å². The number of hydrogen-bond acceptors (Lipinski definition) is 3. The van der Waals surface area contributed by atoms with Crippen molar-refractivity contribution in [2.24, 2.45) is 5.73 Å². The number of benzene rings is 2. The van der Waals surface area contributed by atoms with Gasteiger partial charge in [-0.15, -0.1) is 0 Å². The van der Waals surface area contributed by atoms with E-state index in [1.54, 1.807) is 31.4 Å². The van der Waals surface area contributed by atoms with Gasteiger partial charge in [-0.3, -0.25) is 4.79 Å². The molecule has 2 N–H and O–H groups in total. The lowest BCUT2D eigenvalue weighted by Gasteiger charge is -2.10. The van der Waals surface area contributed by atoms with E-state index in [1.165, 1.54) is 6.07 Å². The Kier molecular flexibility index (Phi) is 4.77. The molecule has 5 heteroatoms. The Hall–Kier alpha value is -2.56. The van der Waals surface area contributed by atoms with Gasteiger partial charge in [0.1, 0.15) is 17.3 Å². The van der Waals surface area contributed by atoms with Crippen LogP contribution in [-0.2, 0) is 6.42 Å². The van der Waals surface area contributed by atoms with E-state index >= 15 is 0 Å². The molecule has 0 aromatic heterocycles. The van der Waals surface area contributed by atoms with Crippen molar-refractivity contribution in [1.29, 1.82) is 0 Å². The third-order valence-corrected chi connectivity index (χ3v) is 3.03. The monoisotopic (exact) mass is 289 g/mol. The summed E-state index contributed by atoms with van der Waals surface area (Å²) in [7, 11) is 1.57. The Labute approximate surface area is 122 Å². The molecular weight excluding hydrogens is 273 g/mol. The number of amides is 1. The molecule has 0 aliphatic carbocycles. The van der Waals surface area contributed by atoms with E-state index < -0.39 is 11.7 Å². The van der Waals surface area contributed by atoms with Gasteiger partial charge in [-0.25, -0.2) is 4.39 Å². The number of carbonyl (C=O) groups excluding carboxylic acids is 1. The smallest absolute Gasteiger partial charge is 0.251 e. The third-order valence-electron chi connectivity index (χ3n) is 3.03. The minimum Gasteiger partial charge on any atom is -0.497 e. The highest BCUT2D eigenvalue weighted by molar-refractivity contribution is 5.94. The fourth-order valence-corrected chi connectivity index (χ4v) is 2.02. The maximum atomic E-state index is 13.6. The number of carbonyl (C=O) groups is 1. The van der Waals surface area contributed by atoms with Gasteiger partial charge in [0.15, 0.2) is 0 Å². The first-order chi connectivity index (χ1) is 10.1. The summed E-state index contributed by atoms with van der Waals surface area (Å²) in [4.78, 5) is 11.3. The molecule has 0 saturated heterocycles. The molecule has 2 aromatic carbocycles. The Morgan fingerprint density at radius 1 is 1.19 bits per heavy atom. The molecular formula is C16H16FNO3. The van der Waals surface area contributed by atoms with Crippen molar-refractivity contribution in [3.8, 4) is 11.5 Å². The van der Waals surface area contributed by atoms with Crippen molar-refractivity contribution in [3.63, 3.8) is 0 Å². The normalized spacial score (nSPS) is 10.2. The van der Waals surface area contributed by atoms with E-state index in [1.807, 2.05) is 12.1 Å². The van der Waals surface area contributed by atoms with Crippen LogP contribution in [0.5, 0.6) is 11.5 Å². The highest BCUT2D eigenvalue weighted by Gasteiger charge is 2.13. The van der Waals surface area contributed by atoms with Crippen LogP contribution in [0, 0.1) is 5.82 Å². The summed E-state index contributed by atoms with van der Waals surface area (Å²) >= 11 is 0. The molecule has 0 aliphatic heterocycles. The molecule has 2 rings (SSSR count). The zero-order valence-electron chi connectivity index (χ0n) is 11.6. The summed E-state index contributed by atoms with van der Waals surface area (Å²) in [6, 6.07) is 11.6. The standard InChI is InChI=1S/C16H16FNO3/c1-20-12-5-3-6-13(10-12)21-9-8-11-4-2-7-14(17)15(11)16(18)19/h2-7,10H,8-9H2,1H3,(H2,18,19). The van der Waals surface area contributed by atoms with Crippen LogP contribution in [-0.4, -0.2) is 19.6 Å². The minimum atomic E-state index is -0.774. The molecule has 0 fully saturated rings. The number of methoxy groups -OCH3 is 1. The van der Waals surface area contributed by atoms with Crippen LogP contribution in [0.2, 0.25) is 0 Å². The number of rotatable bonds is 6. The van der Waals surface area contributed by atoms with Gasteiger partial charge in [0.2, 0.25) is 0 Å². The number of halogens is 1. The second kappa shape index (κ2) is 6.74.